The Labute approximate surface area is 124 Å². The second kappa shape index (κ2) is 6.06. The van der Waals surface area contributed by atoms with E-state index < -0.39 is 0 Å². The largest absolute Gasteiger partial charge is 0.369 e. The molecule has 108 valence electrons. The number of nitrogens with one attached hydrogen (secondary N) is 1. The third kappa shape index (κ3) is 2.79. The average Bonchev–Trinajstić information content (AvgIpc) is 3.06. The number of aromatic nitrogens is 2. The van der Waals surface area contributed by atoms with Crippen molar-refractivity contribution in [2.24, 2.45) is 0 Å². The molecular formula is C15H22N4S. The van der Waals surface area contributed by atoms with Gasteiger partial charge in [0.2, 0.25) is 0 Å². The first-order chi connectivity index (χ1) is 9.78. The van der Waals surface area contributed by atoms with Crippen LogP contribution in [0.15, 0.2) is 11.4 Å². The molecule has 1 aliphatic rings. The highest BCUT2D eigenvalue weighted by molar-refractivity contribution is 7.16. The van der Waals surface area contributed by atoms with Gasteiger partial charge < -0.3 is 5.32 Å². The van der Waals surface area contributed by atoms with Crippen LogP contribution in [0.3, 0.4) is 0 Å². The molecule has 0 radical (unpaired) electrons. The maximum atomic E-state index is 4.75. The van der Waals surface area contributed by atoms with Crippen LogP contribution in [-0.4, -0.2) is 34.0 Å². The van der Waals surface area contributed by atoms with Crippen molar-refractivity contribution in [1.29, 1.82) is 0 Å². The van der Waals surface area contributed by atoms with Crippen molar-refractivity contribution < 1.29 is 0 Å². The molecular weight excluding hydrogens is 268 g/mol. The van der Waals surface area contributed by atoms with E-state index in [2.05, 4.69) is 35.5 Å². The molecule has 1 saturated heterocycles. The van der Waals surface area contributed by atoms with Crippen LogP contribution in [0.4, 0.5) is 5.82 Å². The standard InChI is InChI=1S/C15H22N4S/c1-3-7-16-14-12-6-9-20-15(12)18-13(17-14)10-19-8-4-5-11(19)2/h6,9,11H,3-5,7-8,10H2,1-2H3,(H,16,17,18). The molecule has 2 aromatic rings. The Bertz CT molecular complexity index is 580. The van der Waals surface area contributed by atoms with Crippen LogP contribution in [0.25, 0.3) is 10.2 Å². The molecule has 0 bridgehead atoms. The van der Waals surface area contributed by atoms with Gasteiger partial charge in [0.05, 0.1) is 11.9 Å². The first kappa shape index (κ1) is 13.8. The zero-order valence-electron chi connectivity index (χ0n) is 12.2. The Hall–Kier alpha value is -1.20. The van der Waals surface area contributed by atoms with Crippen LogP contribution in [-0.2, 0) is 6.54 Å². The van der Waals surface area contributed by atoms with Gasteiger partial charge in [-0.3, -0.25) is 4.90 Å². The highest BCUT2D eigenvalue weighted by Gasteiger charge is 2.21. The van der Waals surface area contributed by atoms with E-state index in [9.17, 15) is 0 Å². The first-order valence-electron chi connectivity index (χ1n) is 7.50. The van der Waals surface area contributed by atoms with E-state index in [-0.39, 0.29) is 0 Å². The maximum absolute atomic E-state index is 4.75. The van der Waals surface area contributed by atoms with Crippen molar-refractivity contribution in [3.63, 3.8) is 0 Å². The van der Waals surface area contributed by atoms with Crippen molar-refractivity contribution in [2.75, 3.05) is 18.4 Å². The van der Waals surface area contributed by atoms with E-state index in [1.165, 1.54) is 19.4 Å². The maximum Gasteiger partial charge on any atom is 0.146 e. The summed E-state index contributed by atoms with van der Waals surface area (Å²) in [5.74, 6) is 1.95. The number of likely N-dealkylation sites (tertiary alicyclic amines) is 1. The van der Waals surface area contributed by atoms with Crippen molar-refractivity contribution in [3.05, 3.63) is 17.3 Å². The van der Waals surface area contributed by atoms with Gasteiger partial charge in [-0.2, -0.15) is 0 Å². The number of nitrogens with zero attached hydrogens (tertiary/aromatic N) is 3. The Balaban J connectivity index is 1.86. The van der Waals surface area contributed by atoms with E-state index in [1.807, 2.05) is 0 Å². The van der Waals surface area contributed by atoms with E-state index in [0.29, 0.717) is 6.04 Å². The summed E-state index contributed by atoms with van der Waals surface area (Å²) in [6.07, 6.45) is 3.69. The smallest absolute Gasteiger partial charge is 0.146 e. The minimum atomic E-state index is 0.657. The van der Waals surface area contributed by atoms with E-state index >= 15 is 0 Å². The lowest BCUT2D eigenvalue weighted by Gasteiger charge is -2.20. The SMILES string of the molecule is CCCNc1nc(CN2CCCC2C)nc2sccc12. The lowest BCUT2D eigenvalue weighted by molar-refractivity contribution is 0.254. The molecule has 0 saturated carbocycles. The summed E-state index contributed by atoms with van der Waals surface area (Å²) in [4.78, 5) is 13.1. The predicted octanol–water partition coefficient (Wildman–Crippen LogP) is 3.50. The first-order valence-corrected chi connectivity index (χ1v) is 8.38. The van der Waals surface area contributed by atoms with Gasteiger partial charge >= 0.3 is 0 Å². The number of hydrogen-bond acceptors (Lipinski definition) is 5. The summed E-state index contributed by atoms with van der Waals surface area (Å²) in [5, 5.41) is 6.69. The van der Waals surface area contributed by atoms with Crippen LogP contribution in [0.1, 0.15) is 38.9 Å². The predicted molar refractivity (Wildman–Crippen MR) is 85.3 cm³/mol. The molecule has 1 unspecified atom stereocenters. The van der Waals surface area contributed by atoms with Gasteiger partial charge in [0.1, 0.15) is 16.5 Å². The van der Waals surface area contributed by atoms with Crippen molar-refractivity contribution in [1.82, 2.24) is 14.9 Å². The highest BCUT2D eigenvalue weighted by Crippen LogP contribution is 2.26. The highest BCUT2D eigenvalue weighted by atomic mass is 32.1. The molecule has 0 aliphatic carbocycles. The Kier molecular flexibility index (Phi) is 4.17. The summed E-state index contributed by atoms with van der Waals surface area (Å²) in [5.41, 5.74) is 0. The van der Waals surface area contributed by atoms with Gasteiger partial charge in [-0.05, 0) is 44.2 Å². The molecule has 4 nitrogen and oxygen atoms in total. The van der Waals surface area contributed by atoms with Gasteiger partial charge in [0.15, 0.2) is 0 Å². The average molecular weight is 290 g/mol. The molecule has 20 heavy (non-hydrogen) atoms. The molecule has 5 heteroatoms. The number of rotatable bonds is 5. The van der Waals surface area contributed by atoms with Gasteiger partial charge in [0.25, 0.3) is 0 Å². The normalized spacial score (nSPS) is 19.8. The zero-order valence-corrected chi connectivity index (χ0v) is 13.0. The quantitative estimate of drug-likeness (QED) is 0.915. The summed E-state index contributed by atoms with van der Waals surface area (Å²) in [6, 6.07) is 2.77. The monoisotopic (exact) mass is 290 g/mol. The molecule has 1 aliphatic heterocycles. The lowest BCUT2D eigenvalue weighted by atomic mass is 10.2. The van der Waals surface area contributed by atoms with E-state index in [1.54, 1.807) is 11.3 Å². The summed E-state index contributed by atoms with van der Waals surface area (Å²) >= 11 is 1.70. The summed E-state index contributed by atoms with van der Waals surface area (Å²) in [6.45, 7) is 7.47. The molecule has 0 aromatic carbocycles. The van der Waals surface area contributed by atoms with Crippen LogP contribution in [0.5, 0.6) is 0 Å². The second-order valence-corrected chi connectivity index (χ2v) is 6.41. The Morgan fingerprint density at radius 3 is 3.10 bits per heavy atom. The molecule has 1 atom stereocenters. The molecule has 2 aromatic heterocycles. The van der Waals surface area contributed by atoms with Crippen LogP contribution >= 0.6 is 11.3 Å². The number of hydrogen-bond donors (Lipinski definition) is 1. The zero-order chi connectivity index (χ0) is 13.9. The van der Waals surface area contributed by atoms with Crippen LogP contribution in [0.2, 0.25) is 0 Å². The van der Waals surface area contributed by atoms with Gasteiger partial charge in [-0.1, -0.05) is 6.92 Å². The number of fused-ring (bicyclic) bond motifs is 1. The van der Waals surface area contributed by atoms with Crippen LogP contribution in [0, 0.1) is 0 Å². The molecule has 0 spiro atoms. The van der Waals surface area contributed by atoms with E-state index in [4.69, 9.17) is 9.97 Å². The van der Waals surface area contributed by atoms with Crippen LogP contribution < -0.4 is 5.32 Å². The fourth-order valence-corrected chi connectivity index (χ4v) is 3.54. The summed E-state index contributed by atoms with van der Waals surface area (Å²) < 4.78 is 0. The van der Waals surface area contributed by atoms with Crippen molar-refractivity contribution in [2.45, 2.75) is 45.7 Å². The molecule has 1 fully saturated rings. The van der Waals surface area contributed by atoms with Crippen molar-refractivity contribution in [3.8, 4) is 0 Å². The second-order valence-electron chi connectivity index (χ2n) is 5.52. The van der Waals surface area contributed by atoms with Gasteiger partial charge in [0, 0.05) is 12.6 Å². The van der Waals surface area contributed by atoms with Gasteiger partial charge in [-0.25, -0.2) is 9.97 Å². The Morgan fingerprint density at radius 2 is 2.35 bits per heavy atom. The Morgan fingerprint density at radius 1 is 1.45 bits per heavy atom. The number of thiophene rings is 1. The summed E-state index contributed by atoms with van der Waals surface area (Å²) in [7, 11) is 0. The van der Waals surface area contributed by atoms with E-state index in [0.717, 1.165) is 41.4 Å². The molecule has 3 rings (SSSR count). The number of anilines is 1. The third-order valence-corrected chi connectivity index (χ3v) is 4.76. The topological polar surface area (TPSA) is 41.1 Å². The minimum absolute atomic E-state index is 0.657. The third-order valence-electron chi connectivity index (χ3n) is 3.95. The molecule has 1 N–H and O–H groups in total. The molecule has 0 amide bonds. The minimum Gasteiger partial charge on any atom is -0.369 e. The lowest BCUT2D eigenvalue weighted by Crippen LogP contribution is -2.27. The molecule has 3 heterocycles. The fourth-order valence-electron chi connectivity index (χ4n) is 2.76. The fraction of sp³-hybridized carbons (Fsp3) is 0.600. The van der Waals surface area contributed by atoms with Gasteiger partial charge in [-0.15, -0.1) is 11.3 Å². The van der Waals surface area contributed by atoms with Crippen molar-refractivity contribution >= 4 is 27.4 Å².